The lowest BCUT2D eigenvalue weighted by molar-refractivity contribution is 0.313. The van der Waals surface area contributed by atoms with Gasteiger partial charge in [0, 0.05) is 0 Å². The minimum Gasteiger partial charge on any atom is -0.356 e. The van der Waals surface area contributed by atoms with Crippen LogP contribution < -0.4 is 0 Å². The standard InChI is InChI=1S/C16H13NO/c1-16(14-9-7-12(11-17)8-10-14)15(18-16)13-5-3-2-4-6-13/h2-10,15H,1H3/t15-,16+/m1/s1. The summed E-state index contributed by atoms with van der Waals surface area (Å²) >= 11 is 0. The molecule has 0 aromatic heterocycles. The summed E-state index contributed by atoms with van der Waals surface area (Å²) < 4.78 is 5.87. The van der Waals surface area contributed by atoms with E-state index in [9.17, 15) is 0 Å². The minimum absolute atomic E-state index is 0.117. The highest BCUT2D eigenvalue weighted by atomic mass is 16.6. The third kappa shape index (κ3) is 1.70. The van der Waals surface area contributed by atoms with Gasteiger partial charge in [0.1, 0.15) is 11.7 Å². The zero-order chi connectivity index (χ0) is 12.6. The zero-order valence-corrected chi connectivity index (χ0v) is 10.1. The van der Waals surface area contributed by atoms with Crippen LogP contribution in [0.2, 0.25) is 0 Å². The van der Waals surface area contributed by atoms with Crippen LogP contribution in [0.15, 0.2) is 54.6 Å². The van der Waals surface area contributed by atoms with Gasteiger partial charge < -0.3 is 4.74 Å². The molecule has 1 saturated heterocycles. The molecule has 0 N–H and O–H groups in total. The third-order valence-electron chi connectivity index (χ3n) is 3.50. The number of benzene rings is 2. The second-order valence-electron chi connectivity index (χ2n) is 4.70. The molecule has 0 aliphatic carbocycles. The van der Waals surface area contributed by atoms with E-state index >= 15 is 0 Å². The van der Waals surface area contributed by atoms with Crippen molar-refractivity contribution in [3.63, 3.8) is 0 Å². The third-order valence-corrected chi connectivity index (χ3v) is 3.50. The molecule has 2 aromatic rings. The average molecular weight is 235 g/mol. The molecule has 0 unspecified atom stereocenters. The Labute approximate surface area is 106 Å². The lowest BCUT2D eigenvalue weighted by Gasteiger charge is -2.06. The van der Waals surface area contributed by atoms with Gasteiger partial charge in [0.25, 0.3) is 0 Å². The van der Waals surface area contributed by atoms with Gasteiger partial charge in [0.05, 0.1) is 11.6 Å². The molecule has 18 heavy (non-hydrogen) atoms. The van der Waals surface area contributed by atoms with E-state index in [1.165, 1.54) is 5.56 Å². The predicted molar refractivity (Wildman–Crippen MR) is 68.8 cm³/mol. The minimum atomic E-state index is -0.255. The van der Waals surface area contributed by atoms with Crippen molar-refractivity contribution in [1.29, 1.82) is 5.26 Å². The molecule has 88 valence electrons. The molecule has 1 aliphatic heterocycles. The van der Waals surface area contributed by atoms with Crippen LogP contribution in [-0.2, 0) is 10.3 Å². The fraction of sp³-hybridized carbons (Fsp3) is 0.188. The van der Waals surface area contributed by atoms with Gasteiger partial charge in [-0.2, -0.15) is 5.26 Å². The van der Waals surface area contributed by atoms with E-state index in [-0.39, 0.29) is 11.7 Å². The number of epoxide rings is 1. The number of nitriles is 1. The second-order valence-corrected chi connectivity index (χ2v) is 4.70. The summed E-state index contributed by atoms with van der Waals surface area (Å²) in [5.41, 5.74) is 2.74. The molecule has 0 amide bonds. The molecule has 0 spiro atoms. The molecule has 2 atom stereocenters. The number of hydrogen-bond acceptors (Lipinski definition) is 2. The highest BCUT2D eigenvalue weighted by Gasteiger charge is 2.54. The summed E-state index contributed by atoms with van der Waals surface area (Å²) in [7, 11) is 0. The Bertz CT molecular complexity index is 597. The second kappa shape index (κ2) is 3.97. The van der Waals surface area contributed by atoms with Crippen molar-refractivity contribution in [1.82, 2.24) is 0 Å². The van der Waals surface area contributed by atoms with Gasteiger partial charge in [0.2, 0.25) is 0 Å². The largest absolute Gasteiger partial charge is 0.356 e. The maximum atomic E-state index is 8.80. The molecule has 1 heterocycles. The molecule has 0 radical (unpaired) electrons. The van der Waals surface area contributed by atoms with Gasteiger partial charge in [0.15, 0.2) is 0 Å². The van der Waals surface area contributed by atoms with E-state index in [0.717, 1.165) is 5.56 Å². The highest BCUT2D eigenvalue weighted by Crippen LogP contribution is 2.56. The molecule has 0 bridgehead atoms. The summed E-state index contributed by atoms with van der Waals surface area (Å²) in [5.74, 6) is 0. The van der Waals surface area contributed by atoms with E-state index < -0.39 is 0 Å². The van der Waals surface area contributed by atoms with Crippen LogP contribution in [0, 0.1) is 11.3 Å². The summed E-state index contributed by atoms with van der Waals surface area (Å²) in [6.07, 6.45) is 0.117. The fourth-order valence-corrected chi connectivity index (χ4v) is 2.32. The number of hydrogen-bond donors (Lipinski definition) is 0. The summed E-state index contributed by atoms with van der Waals surface area (Å²) in [5, 5.41) is 8.80. The summed E-state index contributed by atoms with van der Waals surface area (Å²) in [6.45, 7) is 2.09. The quantitative estimate of drug-likeness (QED) is 0.746. The first kappa shape index (κ1) is 11.0. The first-order chi connectivity index (χ1) is 8.74. The van der Waals surface area contributed by atoms with Crippen LogP contribution >= 0.6 is 0 Å². The van der Waals surface area contributed by atoms with Crippen molar-refractivity contribution >= 4 is 0 Å². The van der Waals surface area contributed by atoms with E-state index in [0.29, 0.717) is 5.56 Å². The van der Waals surface area contributed by atoms with Crippen LogP contribution in [0.4, 0.5) is 0 Å². The first-order valence-corrected chi connectivity index (χ1v) is 5.97. The monoisotopic (exact) mass is 235 g/mol. The Balaban J connectivity index is 1.88. The Hall–Kier alpha value is -2.11. The Morgan fingerprint density at radius 1 is 1.06 bits per heavy atom. The Kier molecular flexibility index (Phi) is 2.43. The van der Waals surface area contributed by atoms with Crippen molar-refractivity contribution in [3.8, 4) is 6.07 Å². The maximum absolute atomic E-state index is 8.80. The van der Waals surface area contributed by atoms with Crippen LogP contribution in [0.5, 0.6) is 0 Å². The average Bonchev–Trinajstić information content (AvgIpc) is 3.14. The lowest BCUT2D eigenvalue weighted by Crippen LogP contribution is -2.04. The van der Waals surface area contributed by atoms with Crippen LogP contribution in [0.25, 0.3) is 0 Å². The molecular formula is C16H13NO. The number of rotatable bonds is 2. The molecule has 2 nitrogen and oxygen atoms in total. The molecule has 2 heteroatoms. The summed E-state index contributed by atoms with van der Waals surface area (Å²) in [6, 6.07) is 20.0. The van der Waals surface area contributed by atoms with Crippen molar-refractivity contribution in [2.75, 3.05) is 0 Å². The van der Waals surface area contributed by atoms with Gasteiger partial charge in [-0.05, 0) is 30.2 Å². The molecule has 3 rings (SSSR count). The Morgan fingerprint density at radius 2 is 1.72 bits per heavy atom. The van der Waals surface area contributed by atoms with Crippen LogP contribution in [0.1, 0.15) is 29.7 Å². The van der Waals surface area contributed by atoms with Gasteiger partial charge in [-0.3, -0.25) is 0 Å². The molecule has 2 aromatic carbocycles. The fourth-order valence-electron chi connectivity index (χ4n) is 2.32. The highest BCUT2D eigenvalue weighted by molar-refractivity contribution is 5.39. The van der Waals surface area contributed by atoms with Gasteiger partial charge in [-0.25, -0.2) is 0 Å². The predicted octanol–water partition coefficient (Wildman–Crippen LogP) is 3.54. The molecule has 1 aliphatic rings. The molecule has 1 fully saturated rings. The van der Waals surface area contributed by atoms with Gasteiger partial charge >= 0.3 is 0 Å². The van der Waals surface area contributed by atoms with E-state index in [4.69, 9.17) is 10.00 Å². The Morgan fingerprint density at radius 3 is 2.33 bits per heavy atom. The van der Waals surface area contributed by atoms with Crippen molar-refractivity contribution in [3.05, 3.63) is 71.3 Å². The first-order valence-electron chi connectivity index (χ1n) is 5.97. The van der Waals surface area contributed by atoms with E-state index in [2.05, 4.69) is 25.1 Å². The van der Waals surface area contributed by atoms with Crippen LogP contribution in [0.3, 0.4) is 0 Å². The van der Waals surface area contributed by atoms with Crippen LogP contribution in [-0.4, -0.2) is 0 Å². The SMILES string of the molecule is C[C@@]1(c2ccc(C#N)cc2)O[C@@H]1c1ccccc1. The normalized spacial score (nSPS) is 25.4. The van der Waals surface area contributed by atoms with Crippen molar-refractivity contribution in [2.24, 2.45) is 0 Å². The molecule has 0 saturated carbocycles. The zero-order valence-electron chi connectivity index (χ0n) is 10.1. The summed E-state index contributed by atoms with van der Waals surface area (Å²) in [4.78, 5) is 0. The topological polar surface area (TPSA) is 36.3 Å². The lowest BCUT2D eigenvalue weighted by atomic mass is 9.93. The maximum Gasteiger partial charge on any atom is 0.122 e. The molecular weight excluding hydrogens is 222 g/mol. The van der Waals surface area contributed by atoms with E-state index in [1.807, 2.05) is 42.5 Å². The number of ether oxygens (including phenoxy) is 1. The smallest absolute Gasteiger partial charge is 0.122 e. The number of nitrogens with zero attached hydrogens (tertiary/aromatic N) is 1. The van der Waals surface area contributed by atoms with Crippen molar-refractivity contribution < 1.29 is 4.74 Å². The van der Waals surface area contributed by atoms with E-state index in [1.54, 1.807) is 0 Å². The van der Waals surface area contributed by atoms with Gasteiger partial charge in [-0.1, -0.05) is 42.5 Å². The van der Waals surface area contributed by atoms with Gasteiger partial charge in [-0.15, -0.1) is 0 Å². The van der Waals surface area contributed by atoms with Crippen molar-refractivity contribution in [2.45, 2.75) is 18.6 Å².